The summed E-state index contributed by atoms with van der Waals surface area (Å²) in [5.41, 5.74) is 1.02. The molecule has 2 aromatic rings. The van der Waals surface area contributed by atoms with E-state index in [1.807, 2.05) is 0 Å². The van der Waals surface area contributed by atoms with Crippen molar-refractivity contribution >= 4 is 58.1 Å². The molecule has 0 saturated heterocycles. The number of urea groups is 1. The Hall–Kier alpha value is -1.95. The lowest BCUT2D eigenvalue weighted by Gasteiger charge is -2.13. The van der Waals surface area contributed by atoms with Crippen LogP contribution in [0.2, 0.25) is 15.1 Å². The second-order valence-corrected chi connectivity index (χ2v) is 7.27. The van der Waals surface area contributed by atoms with Crippen molar-refractivity contribution in [1.82, 2.24) is 5.32 Å². The van der Waals surface area contributed by atoms with E-state index in [2.05, 4.69) is 16.0 Å². The predicted molar refractivity (Wildman–Crippen MR) is 106 cm³/mol. The summed E-state index contributed by atoms with van der Waals surface area (Å²) in [4.78, 5) is 24.7. The Morgan fingerprint density at radius 1 is 1.00 bits per heavy atom. The summed E-state index contributed by atoms with van der Waals surface area (Å²) in [7, 11) is 0. The second kappa shape index (κ2) is 8.16. The zero-order chi connectivity index (χ0) is 18.7. The Balaban J connectivity index is 1.70. The normalized spacial score (nSPS) is 13.2. The smallest absolute Gasteiger partial charge is 0.323 e. The van der Waals surface area contributed by atoms with E-state index in [4.69, 9.17) is 34.8 Å². The fourth-order valence-corrected chi connectivity index (χ4v) is 3.28. The van der Waals surface area contributed by atoms with Gasteiger partial charge in [0.05, 0.1) is 27.0 Å². The molecular formula is C18H16Cl3N3O2. The van der Waals surface area contributed by atoms with Crippen molar-refractivity contribution in [3.8, 4) is 0 Å². The molecule has 0 spiro atoms. The van der Waals surface area contributed by atoms with E-state index in [9.17, 15) is 9.59 Å². The fourth-order valence-electron chi connectivity index (χ4n) is 2.37. The first kappa shape index (κ1) is 18.8. The molecule has 0 aromatic heterocycles. The molecule has 0 bridgehead atoms. The molecule has 5 nitrogen and oxygen atoms in total. The summed E-state index contributed by atoms with van der Waals surface area (Å²) in [5.74, 6) is 0.340. The van der Waals surface area contributed by atoms with Gasteiger partial charge in [-0.1, -0.05) is 46.9 Å². The molecule has 3 N–H and O–H groups in total. The minimum Gasteiger partial charge on any atom is -0.352 e. The lowest BCUT2D eigenvalue weighted by molar-refractivity contribution is 0.0952. The molecule has 1 aliphatic rings. The third-order valence-corrected chi connectivity index (χ3v) is 4.73. The van der Waals surface area contributed by atoms with Crippen LogP contribution in [0, 0.1) is 5.92 Å². The van der Waals surface area contributed by atoms with Crippen molar-refractivity contribution in [3.63, 3.8) is 0 Å². The van der Waals surface area contributed by atoms with Crippen LogP contribution in [0.4, 0.5) is 16.2 Å². The van der Waals surface area contributed by atoms with Gasteiger partial charge in [0.25, 0.3) is 5.91 Å². The van der Waals surface area contributed by atoms with Gasteiger partial charge >= 0.3 is 6.03 Å². The summed E-state index contributed by atoms with van der Waals surface area (Å²) in [5, 5.41) is 8.90. The van der Waals surface area contributed by atoms with Gasteiger partial charge in [0, 0.05) is 11.6 Å². The SMILES string of the molecule is O=C(Nc1ccccc1C(=O)NCC1CC1)Nc1c(Cl)cc(Cl)cc1Cl. The Labute approximate surface area is 166 Å². The van der Waals surface area contributed by atoms with E-state index in [-0.39, 0.29) is 21.6 Å². The Morgan fingerprint density at radius 3 is 2.31 bits per heavy atom. The molecule has 3 amide bonds. The van der Waals surface area contributed by atoms with E-state index in [0.717, 1.165) is 12.8 Å². The van der Waals surface area contributed by atoms with Crippen LogP contribution in [0.1, 0.15) is 23.2 Å². The molecule has 0 atom stereocenters. The minimum absolute atomic E-state index is 0.216. The first-order chi connectivity index (χ1) is 12.4. The average Bonchev–Trinajstić information content (AvgIpc) is 3.41. The third kappa shape index (κ3) is 4.81. The Kier molecular flexibility index (Phi) is 5.91. The topological polar surface area (TPSA) is 70.2 Å². The molecule has 0 aliphatic heterocycles. The van der Waals surface area contributed by atoms with Crippen molar-refractivity contribution in [3.05, 3.63) is 57.0 Å². The maximum atomic E-state index is 12.3. The highest BCUT2D eigenvalue weighted by Crippen LogP contribution is 2.33. The number of carbonyl (C=O) groups is 2. The summed E-state index contributed by atoms with van der Waals surface area (Å²) < 4.78 is 0. The highest BCUT2D eigenvalue weighted by atomic mass is 35.5. The van der Waals surface area contributed by atoms with Crippen LogP contribution in [0.15, 0.2) is 36.4 Å². The third-order valence-electron chi connectivity index (χ3n) is 3.91. The van der Waals surface area contributed by atoms with Crippen LogP contribution in [0.25, 0.3) is 0 Å². The van der Waals surface area contributed by atoms with Gasteiger partial charge in [0.15, 0.2) is 0 Å². The highest BCUT2D eigenvalue weighted by Gasteiger charge is 2.22. The standard InChI is InChI=1S/C18H16Cl3N3O2/c19-11-7-13(20)16(14(21)8-11)24-18(26)23-15-4-2-1-3-12(15)17(25)22-9-10-5-6-10/h1-4,7-8,10H,5-6,9H2,(H,22,25)(H2,23,24,26). The maximum Gasteiger partial charge on any atom is 0.323 e. The van der Waals surface area contributed by atoms with Crippen LogP contribution in [0.5, 0.6) is 0 Å². The number of hydrogen-bond donors (Lipinski definition) is 3. The van der Waals surface area contributed by atoms with Crippen LogP contribution in [0.3, 0.4) is 0 Å². The molecule has 1 saturated carbocycles. The number of halogens is 3. The lowest BCUT2D eigenvalue weighted by atomic mass is 10.1. The molecular weight excluding hydrogens is 397 g/mol. The molecule has 0 unspecified atom stereocenters. The predicted octanol–water partition coefficient (Wildman–Crippen LogP) is 5.43. The van der Waals surface area contributed by atoms with Crippen molar-refractivity contribution in [1.29, 1.82) is 0 Å². The zero-order valence-electron chi connectivity index (χ0n) is 13.6. The summed E-state index contributed by atoms with van der Waals surface area (Å²) >= 11 is 18.0. The molecule has 26 heavy (non-hydrogen) atoms. The first-order valence-electron chi connectivity index (χ1n) is 8.04. The summed E-state index contributed by atoms with van der Waals surface area (Å²) in [6.07, 6.45) is 2.29. The van der Waals surface area contributed by atoms with Gasteiger partial charge in [-0.2, -0.15) is 0 Å². The number of benzene rings is 2. The quantitative estimate of drug-likeness (QED) is 0.613. The average molecular weight is 413 g/mol. The minimum atomic E-state index is -0.571. The zero-order valence-corrected chi connectivity index (χ0v) is 15.9. The van der Waals surface area contributed by atoms with Crippen molar-refractivity contribution in [2.45, 2.75) is 12.8 Å². The summed E-state index contributed by atoms with van der Waals surface area (Å²) in [6.45, 7) is 0.648. The van der Waals surface area contributed by atoms with E-state index in [0.29, 0.717) is 28.7 Å². The fraction of sp³-hybridized carbons (Fsp3) is 0.222. The van der Waals surface area contributed by atoms with Gasteiger partial charge < -0.3 is 16.0 Å². The molecule has 3 rings (SSSR count). The van der Waals surface area contributed by atoms with Gasteiger partial charge in [-0.05, 0) is 43.0 Å². The number of carbonyl (C=O) groups excluding carboxylic acids is 2. The molecule has 1 fully saturated rings. The number of amides is 3. The molecule has 2 aromatic carbocycles. The highest BCUT2D eigenvalue weighted by molar-refractivity contribution is 6.42. The van der Waals surface area contributed by atoms with Crippen molar-refractivity contribution in [2.75, 3.05) is 17.2 Å². The molecule has 0 heterocycles. The van der Waals surface area contributed by atoms with Crippen LogP contribution in [-0.2, 0) is 0 Å². The number of anilines is 2. The Morgan fingerprint density at radius 2 is 1.65 bits per heavy atom. The first-order valence-corrected chi connectivity index (χ1v) is 9.17. The number of hydrogen-bond acceptors (Lipinski definition) is 2. The number of para-hydroxylation sites is 1. The van der Waals surface area contributed by atoms with Gasteiger partial charge in [-0.15, -0.1) is 0 Å². The van der Waals surface area contributed by atoms with Crippen LogP contribution >= 0.6 is 34.8 Å². The van der Waals surface area contributed by atoms with E-state index in [1.165, 1.54) is 12.1 Å². The number of rotatable bonds is 5. The maximum absolute atomic E-state index is 12.3. The van der Waals surface area contributed by atoms with E-state index in [1.54, 1.807) is 24.3 Å². The molecule has 136 valence electrons. The summed E-state index contributed by atoms with van der Waals surface area (Å²) in [6, 6.07) is 9.15. The molecule has 8 heteroatoms. The van der Waals surface area contributed by atoms with Crippen molar-refractivity contribution in [2.24, 2.45) is 5.92 Å². The number of nitrogens with one attached hydrogen (secondary N) is 3. The van der Waals surface area contributed by atoms with Gasteiger partial charge in [-0.25, -0.2) is 4.79 Å². The van der Waals surface area contributed by atoms with Crippen LogP contribution < -0.4 is 16.0 Å². The lowest BCUT2D eigenvalue weighted by Crippen LogP contribution is -2.28. The van der Waals surface area contributed by atoms with Gasteiger partial charge in [-0.3, -0.25) is 4.79 Å². The van der Waals surface area contributed by atoms with E-state index >= 15 is 0 Å². The Bertz CT molecular complexity index is 830. The second-order valence-electron chi connectivity index (χ2n) is 6.02. The van der Waals surface area contributed by atoms with Crippen molar-refractivity contribution < 1.29 is 9.59 Å². The van der Waals surface area contributed by atoms with Gasteiger partial charge in [0.2, 0.25) is 0 Å². The monoisotopic (exact) mass is 411 g/mol. The van der Waals surface area contributed by atoms with Crippen LogP contribution in [-0.4, -0.2) is 18.5 Å². The van der Waals surface area contributed by atoms with Gasteiger partial charge in [0.1, 0.15) is 0 Å². The molecule has 1 aliphatic carbocycles. The van der Waals surface area contributed by atoms with E-state index < -0.39 is 6.03 Å². The largest absolute Gasteiger partial charge is 0.352 e. The molecule has 0 radical (unpaired) electrons.